The maximum atomic E-state index is 12.1. The van der Waals surface area contributed by atoms with Crippen LogP contribution in [0.5, 0.6) is 5.75 Å². The van der Waals surface area contributed by atoms with Crippen molar-refractivity contribution in [3.05, 3.63) is 40.2 Å². The van der Waals surface area contributed by atoms with Gasteiger partial charge in [-0.05, 0) is 51.0 Å². The van der Waals surface area contributed by atoms with Crippen LogP contribution in [0.4, 0.5) is 5.13 Å². The predicted octanol–water partition coefficient (Wildman–Crippen LogP) is 3.46. The highest BCUT2D eigenvalue weighted by Gasteiger charge is 2.18. The molecule has 1 unspecified atom stereocenters. The molecule has 0 aliphatic rings. The molecule has 0 fully saturated rings. The van der Waals surface area contributed by atoms with E-state index < -0.39 is 0 Å². The van der Waals surface area contributed by atoms with Crippen LogP contribution in [0.3, 0.4) is 0 Å². The SMILES string of the molecule is Cc1nnc(NC(=O)CSc2nnc(C(C)Oc3ccc(C)c(C)c3)n2C)s1. The fraction of sp³-hybridized carbons (Fsp3) is 0.389. The second kappa shape index (κ2) is 8.70. The number of benzene rings is 1. The standard InChI is InChI=1S/C18H22N6O2S2/c1-10-6-7-14(8-11(10)2)26-12(3)16-21-23-18(24(16)5)27-9-15(25)19-17-22-20-13(4)28-17/h6-8,12H,9H2,1-5H3,(H,19,22,25). The van der Waals surface area contributed by atoms with Crippen molar-refractivity contribution in [2.75, 3.05) is 11.1 Å². The van der Waals surface area contributed by atoms with Crippen molar-refractivity contribution in [1.29, 1.82) is 0 Å². The first-order valence-electron chi connectivity index (χ1n) is 8.69. The van der Waals surface area contributed by atoms with Crippen molar-refractivity contribution in [3.63, 3.8) is 0 Å². The van der Waals surface area contributed by atoms with Gasteiger partial charge in [0.15, 0.2) is 17.1 Å². The van der Waals surface area contributed by atoms with Crippen LogP contribution >= 0.6 is 23.1 Å². The van der Waals surface area contributed by atoms with Gasteiger partial charge in [0.1, 0.15) is 10.8 Å². The second-order valence-electron chi connectivity index (χ2n) is 6.37. The minimum absolute atomic E-state index is 0.162. The Balaban J connectivity index is 1.59. The van der Waals surface area contributed by atoms with E-state index in [1.807, 2.05) is 43.7 Å². The van der Waals surface area contributed by atoms with Crippen LogP contribution in [0.1, 0.15) is 35.0 Å². The number of nitrogens with zero attached hydrogens (tertiary/aromatic N) is 5. The molecular weight excluding hydrogens is 396 g/mol. The number of aromatic nitrogens is 5. The quantitative estimate of drug-likeness (QED) is 0.587. The molecule has 2 aromatic heterocycles. The predicted molar refractivity (Wildman–Crippen MR) is 110 cm³/mol. The summed E-state index contributed by atoms with van der Waals surface area (Å²) in [6, 6.07) is 6.00. The summed E-state index contributed by atoms with van der Waals surface area (Å²) < 4.78 is 7.86. The Labute approximate surface area is 171 Å². The normalized spacial score (nSPS) is 12.0. The number of thioether (sulfide) groups is 1. The third kappa shape index (κ3) is 4.87. The molecule has 1 aromatic carbocycles. The molecule has 0 radical (unpaired) electrons. The van der Waals surface area contributed by atoms with E-state index in [4.69, 9.17) is 4.74 Å². The zero-order chi connectivity index (χ0) is 20.3. The number of anilines is 1. The van der Waals surface area contributed by atoms with E-state index >= 15 is 0 Å². The van der Waals surface area contributed by atoms with Crippen LogP contribution < -0.4 is 10.1 Å². The third-order valence-corrected chi connectivity index (χ3v) is 5.90. The maximum absolute atomic E-state index is 12.1. The number of carbonyl (C=O) groups excluding carboxylic acids is 1. The molecule has 10 heteroatoms. The van der Waals surface area contributed by atoms with Crippen LogP contribution in [-0.4, -0.2) is 36.6 Å². The average Bonchev–Trinajstić information content (AvgIpc) is 3.21. The summed E-state index contributed by atoms with van der Waals surface area (Å²) in [7, 11) is 1.87. The number of hydrogen-bond donors (Lipinski definition) is 1. The number of amides is 1. The summed E-state index contributed by atoms with van der Waals surface area (Å²) in [5, 5.41) is 20.9. The van der Waals surface area contributed by atoms with Gasteiger partial charge in [-0.15, -0.1) is 20.4 Å². The Hall–Kier alpha value is -2.46. The Bertz CT molecular complexity index is 984. The van der Waals surface area contributed by atoms with Crippen molar-refractivity contribution in [2.45, 2.75) is 39.0 Å². The van der Waals surface area contributed by atoms with Gasteiger partial charge in [0.05, 0.1) is 5.75 Å². The summed E-state index contributed by atoms with van der Waals surface area (Å²) in [6.45, 7) is 7.89. The number of aryl methyl sites for hydroxylation is 3. The summed E-state index contributed by atoms with van der Waals surface area (Å²) in [5.74, 6) is 1.53. The summed E-state index contributed by atoms with van der Waals surface area (Å²) in [5.41, 5.74) is 2.40. The number of nitrogens with one attached hydrogen (secondary N) is 1. The van der Waals surface area contributed by atoms with E-state index in [1.165, 1.54) is 34.2 Å². The lowest BCUT2D eigenvalue weighted by Crippen LogP contribution is -2.14. The van der Waals surface area contributed by atoms with Gasteiger partial charge in [-0.25, -0.2) is 0 Å². The molecule has 0 aliphatic heterocycles. The van der Waals surface area contributed by atoms with Crippen molar-refractivity contribution < 1.29 is 9.53 Å². The number of carbonyl (C=O) groups is 1. The van der Waals surface area contributed by atoms with Crippen molar-refractivity contribution in [1.82, 2.24) is 25.0 Å². The van der Waals surface area contributed by atoms with Crippen LogP contribution in [0.2, 0.25) is 0 Å². The smallest absolute Gasteiger partial charge is 0.236 e. The first-order chi connectivity index (χ1) is 13.3. The monoisotopic (exact) mass is 418 g/mol. The fourth-order valence-corrected chi connectivity index (χ4v) is 3.81. The van der Waals surface area contributed by atoms with Crippen molar-refractivity contribution in [3.8, 4) is 5.75 Å². The van der Waals surface area contributed by atoms with Gasteiger partial charge in [0.25, 0.3) is 0 Å². The molecule has 28 heavy (non-hydrogen) atoms. The van der Waals surface area contributed by atoms with E-state index in [1.54, 1.807) is 0 Å². The minimum atomic E-state index is -0.271. The Kier molecular flexibility index (Phi) is 6.30. The molecule has 1 amide bonds. The molecule has 2 heterocycles. The van der Waals surface area contributed by atoms with E-state index in [0.717, 1.165) is 10.8 Å². The largest absolute Gasteiger partial charge is 0.483 e. The van der Waals surface area contributed by atoms with Crippen LogP contribution in [0.15, 0.2) is 23.4 Å². The van der Waals surface area contributed by atoms with Gasteiger partial charge in [0, 0.05) is 7.05 Å². The number of hydrogen-bond acceptors (Lipinski definition) is 8. The van der Waals surface area contributed by atoms with Gasteiger partial charge >= 0.3 is 0 Å². The van der Waals surface area contributed by atoms with Gasteiger partial charge in [-0.3, -0.25) is 10.1 Å². The maximum Gasteiger partial charge on any atom is 0.236 e. The van der Waals surface area contributed by atoms with Gasteiger partial charge < -0.3 is 9.30 Å². The molecule has 0 bridgehead atoms. The molecule has 3 rings (SSSR count). The molecule has 0 spiro atoms. The molecular formula is C18H22N6O2S2. The van der Waals surface area contributed by atoms with Gasteiger partial charge in [-0.1, -0.05) is 29.2 Å². The lowest BCUT2D eigenvalue weighted by atomic mass is 10.1. The zero-order valence-corrected chi connectivity index (χ0v) is 18.0. The Morgan fingerprint density at radius 2 is 2.00 bits per heavy atom. The second-order valence-corrected chi connectivity index (χ2v) is 8.49. The van der Waals surface area contributed by atoms with E-state index in [9.17, 15) is 4.79 Å². The first kappa shape index (κ1) is 20.3. The van der Waals surface area contributed by atoms with Crippen LogP contribution in [0, 0.1) is 20.8 Å². The number of rotatable bonds is 7. The lowest BCUT2D eigenvalue weighted by Gasteiger charge is -2.15. The first-order valence-corrected chi connectivity index (χ1v) is 10.5. The Morgan fingerprint density at radius 1 is 1.21 bits per heavy atom. The molecule has 1 atom stereocenters. The topological polar surface area (TPSA) is 94.8 Å². The van der Waals surface area contributed by atoms with Gasteiger partial charge in [-0.2, -0.15) is 0 Å². The molecule has 148 valence electrons. The lowest BCUT2D eigenvalue weighted by molar-refractivity contribution is -0.113. The van der Waals surface area contributed by atoms with Gasteiger partial charge in [0.2, 0.25) is 11.0 Å². The highest BCUT2D eigenvalue weighted by Crippen LogP contribution is 2.25. The summed E-state index contributed by atoms with van der Waals surface area (Å²) in [4.78, 5) is 12.1. The van der Waals surface area contributed by atoms with Crippen molar-refractivity contribution >= 4 is 34.1 Å². The third-order valence-electron chi connectivity index (χ3n) is 4.13. The van der Waals surface area contributed by atoms with Crippen LogP contribution in [0.25, 0.3) is 0 Å². The molecule has 0 saturated heterocycles. The van der Waals surface area contributed by atoms with E-state index in [0.29, 0.717) is 16.1 Å². The molecule has 8 nitrogen and oxygen atoms in total. The van der Waals surface area contributed by atoms with Crippen molar-refractivity contribution in [2.24, 2.45) is 7.05 Å². The highest BCUT2D eigenvalue weighted by molar-refractivity contribution is 7.99. The van der Waals surface area contributed by atoms with Crippen LogP contribution in [-0.2, 0) is 11.8 Å². The summed E-state index contributed by atoms with van der Waals surface area (Å²) in [6.07, 6.45) is -0.271. The number of ether oxygens (including phenoxy) is 1. The minimum Gasteiger partial charge on any atom is -0.483 e. The molecule has 0 saturated carbocycles. The molecule has 3 aromatic rings. The summed E-state index contributed by atoms with van der Waals surface area (Å²) >= 11 is 2.65. The van der Waals surface area contributed by atoms with E-state index in [-0.39, 0.29) is 17.8 Å². The average molecular weight is 419 g/mol. The zero-order valence-electron chi connectivity index (χ0n) is 16.4. The Morgan fingerprint density at radius 3 is 2.68 bits per heavy atom. The molecule has 0 aliphatic carbocycles. The highest BCUT2D eigenvalue weighted by atomic mass is 32.2. The fourth-order valence-electron chi connectivity index (χ4n) is 2.48. The molecule has 1 N–H and O–H groups in total. The van der Waals surface area contributed by atoms with E-state index in [2.05, 4.69) is 39.6 Å².